The van der Waals surface area contributed by atoms with Crippen molar-refractivity contribution in [3.05, 3.63) is 98.1 Å². The number of ketones is 2. The highest BCUT2D eigenvalue weighted by Gasteiger charge is 2.53. The average molecular weight is 527 g/mol. The van der Waals surface area contributed by atoms with Gasteiger partial charge in [-0.2, -0.15) is 0 Å². The van der Waals surface area contributed by atoms with Gasteiger partial charge in [-0.3, -0.25) is 9.59 Å². The second-order valence-corrected chi connectivity index (χ2v) is 10.6. The zero-order chi connectivity index (χ0) is 27.8. The molecular weight excluding hydrogens is 496 g/mol. The third-order valence-corrected chi connectivity index (χ3v) is 8.31. The van der Waals surface area contributed by atoms with Gasteiger partial charge in [-0.25, -0.2) is 0 Å². The van der Waals surface area contributed by atoms with E-state index in [0.717, 1.165) is 5.56 Å². The molecule has 0 saturated heterocycles. The molecule has 3 aliphatic rings. The van der Waals surface area contributed by atoms with Gasteiger partial charge in [0.1, 0.15) is 22.8 Å². The maximum Gasteiger partial charge on any atom is 0.201 e. The van der Waals surface area contributed by atoms with Crippen molar-refractivity contribution in [3.8, 4) is 17.2 Å². The van der Waals surface area contributed by atoms with Crippen molar-refractivity contribution >= 4 is 11.6 Å². The van der Waals surface area contributed by atoms with Gasteiger partial charge in [0, 0.05) is 23.8 Å². The lowest BCUT2D eigenvalue weighted by atomic mass is 9.66. The second-order valence-electron chi connectivity index (χ2n) is 10.6. The van der Waals surface area contributed by atoms with Crippen molar-refractivity contribution in [2.24, 2.45) is 0 Å². The van der Waals surface area contributed by atoms with Gasteiger partial charge in [0.05, 0.1) is 36.0 Å². The molecule has 0 amide bonds. The summed E-state index contributed by atoms with van der Waals surface area (Å²) in [6.45, 7) is 5.63. The third-order valence-electron chi connectivity index (χ3n) is 8.31. The fourth-order valence-electron chi connectivity index (χ4n) is 6.83. The van der Waals surface area contributed by atoms with E-state index >= 15 is 0 Å². The molecule has 200 valence electrons. The van der Waals surface area contributed by atoms with E-state index in [1.807, 2.05) is 32.9 Å². The lowest BCUT2D eigenvalue weighted by molar-refractivity contribution is -0.0132. The Balaban J connectivity index is 1.67. The minimum absolute atomic E-state index is 0.109. The summed E-state index contributed by atoms with van der Waals surface area (Å²) in [5.41, 5.74) is 3.55. The topological polar surface area (TPSA) is 102 Å². The monoisotopic (exact) mass is 526 g/mol. The Morgan fingerprint density at radius 3 is 2.41 bits per heavy atom. The van der Waals surface area contributed by atoms with Crippen LogP contribution in [-0.4, -0.2) is 48.2 Å². The number of methoxy groups -OCH3 is 2. The minimum Gasteiger partial charge on any atom is -0.507 e. The van der Waals surface area contributed by atoms with Crippen molar-refractivity contribution < 1.29 is 34.0 Å². The summed E-state index contributed by atoms with van der Waals surface area (Å²) < 4.78 is 18.1. The predicted molar refractivity (Wildman–Crippen MR) is 144 cm³/mol. The van der Waals surface area contributed by atoms with E-state index in [1.165, 1.54) is 7.11 Å². The predicted octanol–water partition coefficient (Wildman–Crippen LogP) is 5.13. The number of hydrogen-bond acceptors (Lipinski definition) is 7. The number of rotatable bonds is 3. The van der Waals surface area contributed by atoms with Gasteiger partial charge in [0.2, 0.25) is 5.78 Å². The summed E-state index contributed by atoms with van der Waals surface area (Å²) in [6.07, 6.45) is 0.0561. The summed E-state index contributed by atoms with van der Waals surface area (Å²) >= 11 is 0. The lowest BCUT2D eigenvalue weighted by Gasteiger charge is -2.46. The molecule has 6 rings (SSSR count). The summed E-state index contributed by atoms with van der Waals surface area (Å²) in [4.78, 5) is 27.7. The van der Waals surface area contributed by atoms with E-state index < -0.39 is 17.5 Å². The van der Waals surface area contributed by atoms with E-state index in [-0.39, 0.29) is 34.5 Å². The molecule has 7 heteroatoms. The molecule has 0 fully saturated rings. The molecule has 0 bridgehead atoms. The largest absolute Gasteiger partial charge is 0.507 e. The first-order valence-corrected chi connectivity index (χ1v) is 13.0. The van der Waals surface area contributed by atoms with E-state index in [0.29, 0.717) is 57.6 Å². The number of fused-ring (bicyclic) bond motifs is 3. The van der Waals surface area contributed by atoms with Gasteiger partial charge >= 0.3 is 0 Å². The first-order chi connectivity index (χ1) is 18.6. The molecule has 0 spiro atoms. The van der Waals surface area contributed by atoms with Crippen LogP contribution in [0.15, 0.2) is 53.6 Å². The second kappa shape index (κ2) is 8.79. The van der Waals surface area contributed by atoms with Crippen LogP contribution in [0.1, 0.15) is 74.4 Å². The molecule has 3 unspecified atom stereocenters. The maximum absolute atomic E-state index is 13.9. The Morgan fingerprint density at radius 1 is 0.923 bits per heavy atom. The summed E-state index contributed by atoms with van der Waals surface area (Å²) in [6, 6.07) is 12.4. The highest BCUT2D eigenvalue weighted by Crippen LogP contribution is 2.55. The van der Waals surface area contributed by atoms with E-state index in [2.05, 4.69) is 0 Å². The van der Waals surface area contributed by atoms with Crippen LogP contribution in [0.5, 0.6) is 17.2 Å². The van der Waals surface area contributed by atoms with E-state index in [9.17, 15) is 19.8 Å². The van der Waals surface area contributed by atoms with Gasteiger partial charge < -0.3 is 24.4 Å². The molecule has 39 heavy (non-hydrogen) atoms. The Kier molecular flexibility index (Phi) is 5.72. The summed E-state index contributed by atoms with van der Waals surface area (Å²) in [7, 11) is 3.05. The van der Waals surface area contributed by atoms with E-state index in [4.69, 9.17) is 14.2 Å². The Hall–Kier alpha value is -3.94. The van der Waals surface area contributed by atoms with Crippen molar-refractivity contribution in [1.82, 2.24) is 0 Å². The Bertz CT molecular complexity index is 1620. The van der Waals surface area contributed by atoms with Crippen molar-refractivity contribution in [2.75, 3.05) is 14.2 Å². The Morgan fingerprint density at radius 2 is 1.69 bits per heavy atom. The summed E-state index contributed by atoms with van der Waals surface area (Å²) in [5, 5.41) is 22.6. The fraction of sp³-hybridized carbons (Fsp3) is 0.312. The van der Waals surface area contributed by atoms with Gasteiger partial charge in [-0.15, -0.1) is 0 Å². The quantitative estimate of drug-likeness (QED) is 0.382. The number of phenols is 2. The first kappa shape index (κ1) is 25.3. The van der Waals surface area contributed by atoms with Crippen LogP contribution in [0.25, 0.3) is 0 Å². The number of benzene rings is 3. The van der Waals surface area contributed by atoms with Crippen LogP contribution < -0.4 is 4.74 Å². The van der Waals surface area contributed by atoms with E-state index in [1.54, 1.807) is 37.4 Å². The third kappa shape index (κ3) is 3.36. The molecule has 3 atom stereocenters. The number of Topliss-reactive ketones (excluding diaryl/α,β-unsaturated/α-hetero) is 1. The van der Waals surface area contributed by atoms with Crippen molar-refractivity contribution in [1.29, 1.82) is 0 Å². The normalized spacial score (nSPS) is 23.6. The van der Waals surface area contributed by atoms with Crippen molar-refractivity contribution in [2.45, 2.75) is 51.4 Å². The van der Waals surface area contributed by atoms with Crippen LogP contribution in [0.4, 0.5) is 0 Å². The molecule has 2 aliphatic carbocycles. The minimum atomic E-state index is -1.38. The average Bonchev–Trinajstić information content (AvgIpc) is 2.88. The SMILES string of the molecule is COc1cccc2c1C(=O)C1=C(CC(C)OC1C)C2(OC)c1ccc2c(c1O)C(=O)c1c(O)cc(C)cc1C2. The molecule has 2 N–H and O–H groups in total. The number of ether oxygens (including phenoxy) is 3. The molecular formula is C32H30O7. The standard InChI is InChI=1S/C32H30O7/c1-15-11-19-14-18-9-10-21(29(34)27(18)31(36)26(19)23(33)12-15)32(38-5)20-7-6-8-24(37-4)28(20)30(35)25-17(3)39-16(2)13-22(25)32/h6-12,16-17,33-34H,13-14H2,1-5H3. The number of aromatic hydroxyl groups is 2. The summed E-state index contributed by atoms with van der Waals surface area (Å²) in [5.74, 6) is -0.601. The Labute approximate surface area is 226 Å². The number of phenolic OH excluding ortho intramolecular Hbond substituents is 2. The fourth-order valence-corrected chi connectivity index (χ4v) is 6.83. The van der Waals surface area contributed by atoms with Gasteiger partial charge in [-0.05, 0) is 68.0 Å². The van der Waals surface area contributed by atoms with Crippen LogP contribution in [-0.2, 0) is 21.5 Å². The molecule has 0 saturated carbocycles. The smallest absolute Gasteiger partial charge is 0.201 e. The first-order valence-electron chi connectivity index (χ1n) is 13.0. The number of carbonyl (C=O) groups is 2. The number of aryl methyl sites for hydroxylation is 1. The lowest BCUT2D eigenvalue weighted by Crippen LogP contribution is -2.45. The van der Waals surface area contributed by atoms with Crippen LogP contribution in [0.3, 0.4) is 0 Å². The van der Waals surface area contributed by atoms with Gasteiger partial charge in [0.15, 0.2) is 5.78 Å². The van der Waals surface area contributed by atoms with Gasteiger partial charge in [-0.1, -0.05) is 30.3 Å². The van der Waals surface area contributed by atoms with Crippen LogP contribution in [0, 0.1) is 6.92 Å². The van der Waals surface area contributed by atoms with Crippen LogP contribution in [0.2, 0.25) is 0 Å². The molecule has 3 aromatic rings. The number of hydrogen-bond donors (Lipinski definition) is 2. The number of carbonyl (C=O) groups excluding carboxylic acids is 2. The molecule has 3 aromatic carbocycles. The molecule has 7 nitrogen and oxygen atoms in total. The zero-order valence-electron chi connectivity index (χ0n) is 22.5. The molecule has 1 heterocycles. The van der Waals surface area contributed by atoms with Crippen LogP contribution >= 0.6 is 0 Å². The molecule has 0 aromatic heterocycles. The maximum atomic E-state index is 13.9. The van der Waals surface area contributed by atoms with Crippen molar-refractivity contribution in [3.63, 3.8) is 0 Å². The molecule has 1 aliphatic heterocycles. The zero-order valence-corrected chi connectivity index (χ0v) is 22.5. The highest BCUT2D eigenvalue weighted by molar-refractivity contribution is 6.17. The molecule has 0 radical (unpaired) electrons. The van der Waals surface area contributed by atoms with Gasteiger partial charge in [0.25, 0.3) is 0 Å². The highest BCUT2D eigenvalue weighted by atomic mass is 16.5.